The highest BCUT2D eigenvalue weighted by molar-refractivity contribution is 6.07. The van der Waals surface area contributed by atoms with E-state index in [-0.39, 0.29) is 23.9 Å². The van der Waals surface area contributed by atoms with E-state index in [0.29, 0.717) is 0 Å². The minimum atomic E-state index is -0.801. The van der Waals surface area contributed by atoms with E-state index in [1.54, 1.807) is 6.20 Å². The van der Waals surface area contributed by atoms with Crippen molar-refractivity contribution in [1.29, 1.82) is 0 Å². The molecular weight excluding hydrogens is 304 g/mol. The third-order valence-corrected chi connectivity index (χ3v) is 5.20. The number of nitrogens with zero attached hydrogens (tertiary/aromatic N) is 3. The van der Waals surface area contributed by atoms with Gasteiger partial charge in [0.25, 0.3) is 5.91 Å². The third-order valence-electron chi connectivity index (χ3n) is 5.20. The molecule has 2 saturated heterocycles. The molecule has 3 rings (SSSR count). The highest BCUT2D eigenvalue weighted by Crippen LogP contribution is 2.33. The van der Waals surface area contributed by atoms with E-state index in [9.17, 15) is 9.59 Å². The van der Waals surface area contributed by atoms with Crippen molar-refractivity contribution >= 4 is 11.9 Å². The van der Waals surface area contributed by atoms with Crippen LogP contribution in [-0.4, -0.2) is 51.4 Å². The van der Waals surface area contributed by atoms with Crippen LogP contribution in [0.5, 0.6) is 0 Å². The maximum absolute atomic E-state index is 12.9. The van der Waals surface area contributed by atoms with Gasteiger partial charge in [0.2, 0.25) is 0 Å². The molecule has 24 heavy (non-hydrogen) atoms. The smallest absolute Gasteiger partial charge is 0.323 e. The molecule has 0 aliphatic carbocycles. The minimum Gasteiger partial charge on any atom is -0.323 e. The molecule has 0 saturated carbocycles. The van der Waals surface area contributed by atoms with Crippen molar-refractivity contribution in [3.63, 3.8) is 0 Å². The van der Waals surface area contributed by atoms with Crippen molar-refractivity contribution in [2.75, 3.05) is 13.1 Å². The molecule has 0 unspecified atom stereocenters. The summed E-state index contributed by atoms with van der Waals surface area (Å²) in [6, 6.07) is 5.55. The lowest BCUT2D eigenvalue weighted by Crippen LogP contribution is -2.56. The Morgan fingerprint density at radius 2 is 2.17 bits per heavy atom. The standard InChI is InChI=1S/C18H26N4O2/c1-13(2)22-16(23)18(3,20-17(22)24)14-7-6-10-21(11-14)12-15-8-4-5-9-19-15/h4-5,8-9,13-14H,6-7,10-12H2,1-3H3,(H,20,24)/t14-,18-/m1/s1. The van der Waals surface area contributed by atoms with Crippen LogP contribution >= 0.6 is 0 Å². The van der Waals surface area contributed by atoms with E-state index in [4.69, 9.17) is 0 Å². The number of rotatable bonds is 4. The molecular formula is C18H26N4O2. The van der Waals surface area contributed by atoms with Gasteiger partial charge in [-0.25, -0.2) is 4.79 Å². The topological polar surface area (TPSA) is 65.5 Å². The molecule has 3 amide bonds. The Morgan fingerprint density at radius 3 is 2.79 bits per heavy atom. The Balaban J connectivity index is 1.72. The van der Waals surface area contributed by atoms with Crippen LogP contribution in [-0.2, 0) is 11.3 Å². The van der Waals surface area contributed by atoms with Crippen molar-refractivity contribution in [3.05, 3.63) is 30.1 Å². The number of imide groups is 1. The second-order valence-electron chi connectivity index (χ2n) is 7.30. The van der Waals surface area contributed by atoms with Gasteiger partial charge in [-0.3, -0.25) is 19.6 Å². The Bertz CT molecular complexity index is 619. The molecule has 1 aromatic heterocycles. The van der Waals surface area contributed by atoms with Gasteiger partial charge in [0.15, 0.2) is 0 Å². The number of aromatic nitrogens is 1. The molecule has 2 aliphatic rings. The first-order valence-electron chi connectivity index (χ1n) is 8.70. The lowest BCUT2D eigenvalue weighted by molar-refractivity contribution is -0.134. The fraction of sp³-hybridized carbons (Fsp3) is 0.611. The summed E-state index contributed by atoms with van der Waals surface area (Å²) in [5.41, 5.74) is 0.235. The summed E-state index contributed by atoms with van der Waals surface area (Å²) in [7, 11) is 0. The summed E-state index contributed by atoms with van der Waals surface area (Å²) < 4.78 is 0. The zero-order valence-corrected chi connectivity index (χ0v) is 14.7. The molecule has 1 N–H and O–H groups in total. The van der Waals surface area contributed by atoms with E-state index < -0.39 is 5.54 Å². The van der Waals surface area contributed by atoms with Gasteiger partial charge in [-0.05, 0) is 52.3 Å². The Morgan fingerprint density at radius 1 is 1.38 bits per heavy atom. The van der Waals surface area contributed by atoms with Crippen molar-refractivity contribution in [3.8, 4) is 0 Å². The van der Waals surface area contributed by atoms with Crippen LogP contribution in [0.2, 0.25) is 0 Å². The first-order chi connectivity index (χ1) is 11.4. The molecule has 2 fully saturated rings. The first kappa shape index (κ1) is 16.9. The predicted octanol–water partition coefficient (Wildman–Crippen LogP) is 2.01. The molecule has 2 aliphatic heterocycles. The Kier molecular flexibility index (Phi) is 4.58. The monoisotopic (exact) mass is 330 g/mol. The number of nitrogens with one attached hydrogen (secondary N) is 1. The van der Waals surface area contributed by atoms with Crippen molar-refractivity contribution in [1.82, 2.24) is 20.1 Å². The van der Waals surface area contributed by atoms with Gasteiger partial charge < -0.3 is 5.32 Å². The van der Waals surface area contributed by atoms with E-state index in [0.717, 1.165) is 38.2 Å². The first-order valence-corrected chi connectivity index (χ1v) is 8.70. The van der Waals surface area contributed by atoms with Crippen LogP contribution in [0.1, 0.15) is 39.3 Å². The SMILES string of the molecule is CC(C)N1C(=O)N[C@](C)([C@@H]2CCCN(Cc3ccccn3)C2)C1=O. The van der Waals surface area contributed by atoms with Crippen LogP contribution in [0.4, 0.5) is 4.79 Å². The summed E-state index contributed by atoms with van der Waals surface area (Å²) in [5.74, 6) is 0.0300. The molecule has 1 aromatic rings. The maximum Gasteiger partial charge on any atom is 0.325 e. The molecule has 2 atom stereocenters. The average molecular weight is 330 g/mol. The second-order valence-corrected chi connectivity index (χ2v) is 7.30. The van der Waals surface area contributed by atoms with Gasteiger partial charge in [-0.1, -0.05) is 6.07 Å². The molecule has 6 heteroatoms. The minimum absolute atomic E-state index is 0.0906. The third kappa shape index (κ3) is 3.02. The second kappa shape index (κ2) is 6.51. The van der Waals surface area contributed by atoms with E-state index >= 15 is 0 Å². The number of urea groups is 1. The van der Waals surface area contributed by atoms with Crippen molar-refractivity contribution < 1.29 is 9.59 Å². The summed E-state index contributed by atoms with van der Waals surface area (Å²) in [5, 5.41) is 2.96. The predicted molar refractivity (Wildman–Crippen MR) is 91.2 cm³/mol. The van der Waals surface area contributed by atoms with Crippen LogP contribution < -0.4 is 5.32 Å². The summed E-state index contributed by atoms with van der Waals surface area (Å²) >= 11 is 0. The largest absolute Gasteiger partial charge is 0.325 e. The van der Waals surface area contributed by atoms with Gasteiger partial charge in [0, 0.05) is 31.2 Å². The number of amides is 3. The molecule has 0 bridgehead atoms. The number of pyridine rings is 1. The van der Waals surface area contributed by atoms with Crippen molar-refractivity contribution in [2.45, 2.75) is 51.7 Å². The van der Waals surface area contributed by atoms with Gasteiger partial charge in [0.1, 0.15) is 5.54 Å². The fourth-order valence-electron chi connectivity index (χ4n) is 3.82. The highest BCUT2D eigenvalue weighted by Gasteiger charge is 2.53. The summed E-state index contributed by atoms with van der Waals surface area (Å²) in [6.07, 6.45) is 3.78. The molecule has 0 aromatic carbocycles. The normalized spacial score (nSPS) is 28.5. The number of hydrogen-bond donors (Lipinski definition) is 1. The quantitative estimate of drug-likeness (QED) is 0.858. The number of piperidine rings is 1. The number of carbonyl (C=O) groups is 2. The molecule has 130 valence electrons. The van der Waals surface area contributed by atoms with Gasteiger partial charge in [0.05, 0.1) is 5.69 Å². The van der Waals surface area contributed by atoms with E-state index in [2.05, 4.69) is 15.2 Å². The zero-order chi connectivity index (χ0) is 17.3. The van der Waals surface area contributed by atoms with Crippen molar-refractivity contribution in [2.24, 2.45) is 5.92 Å². The van der Waals surface area contributed by atoms with E-state index in [1.165, 1.54) is 4.90 Å². The van der Waals surface area contributed by atoms with Crippen LogP contribution in [0.3, 0.4) is 0 Å². The highest BCUT2D eigenvalue weighted by atomic mass is 16.2. The fourth-order valence-corrected chi connectivity index (χ4v) is 3.82. The lowest BCUT2D eigenvalue weighted by atomic mass is 9.79. The number of carbonyl (C=O) groups excluding carboxylic acids is 2. The van der Waals surface area contributed by atoms with Gasteiger partial charge >= 0.3 is 6.03 Å². The average Bonchev–Trinajstić information content (AvgIpc) is 2.79. The van der Waals surface area contributed by atoms with Gasteiger partial charge in [-0.15, -0.1) is 0 Å². The number of likely N-dealkylation sites (tertiary alicyclic amines) is 1. The lowest BCUT2D eigenvalue weighted by Gasteiger charge is -2.39. The summed E-state index contributed by atoms with van der Waals surface area (Å²) in [6.45, 7) is 8.20. The zero-order valence-electron chi connectivity index (χ0n) is 14.7. The van der Waals surface area contributed by atoms with Crippen LogP contribution in [0, 0.1) is 5.92 Å². The molecule has 3 heterocycles. The molecule has 0 spiro atoms. The van der Waals surface area contributed by atoms with Crippen LogP contribution in [0.15, 0.2) is 24.4 Å². The Hall–Kier alpha value is -1.95. The molecule has 0 radical (unpaired) electrons. The maximum atomic E-state index is 12.9. The van der Waals surface area contributed by atoms with E-state index in [1.807, 2.05) is 39.0 Å². The summed E-state index contributed by atoms with van der Waals surface area (Å²) in [4.78, 5) is 33.2. The van der Waals surface area contributed by atoms with Gasteiger partial charge in [-0.2, -0.15) is 0 Å². The number of hydrogen-bond acceptors (Lipinski definition) is 4. The molecule has 6 nitrogen and oxygen atoms in total. The van der Waals surface area contributed by atoms with Crippen LogP contribution in [0.25, 0.3) is 0 Å². The Labute approximate surface area is 143 Å².